The number of amides is 1. The summed E-state index contributed by atoms with van der Waals surface area (Å²) in [6, 6.07) is 8.21. The second-order valence-electron chi connectivity index (χ2n) is 10.00. The van der Waals surface area contributed by atoms with Crippen LogP contribution in [0.1, 0.15) is 49.1 Å². The predicted octanol–water partition coefficient (Wildman–Crippen LogP) is 5.57. The third-order valence-electron chi connectivity index (χ3n) is 8.11. The summed E-state index contributed by atoms with van der Waals surface area (Å²) in [5.74, 6) is 1.43. The smallest absolute Gasteiger partial charge is 0.245 e. The summed E-state index contributed by atoms with van der Waals surface area (Å²) in [5, 5.41) is 0. The fourth-order valence-electron chi connectivity index (χ4n) is 6.04. The average Bonchev–Trinajstić information content (AvgIpc) is 3.21. The molecule has 1 aromatic carbocycles. The summed E-state index contributed by atoms with van der Waals surface area (Å²) in [6.45, 7) is 9.55. The first-order valence-electron chi connectivity index (χ1n) is 12.4. The SMILES string of the molecule is C=CC(=O)N1CCC2(CC=C(c3c(-c4ccc(OC)cc4)c4c(N)ncc(C)n4c3C)CC2)CC1. The van der Waals surface area contributed by atoms with E-state index in [0.717, 1.165) is 73.3 Å². The van der Waals surface area contributed by atoms with Crippen molar-refractivity contribution in [3.8, 4) is 16.9 Å². The number of likely N-dealkylation sites (tertiary alicyclic amines) is 1. The predicted molar refractivity (Wildman–Crippen MR) is 141 cm³/mol. The molecule has 35 heavy (non-hydrogen) atoms. The fraction of sp³-hybridized carbons (Fsp3) is 0.379. The third-order valence-corrected chi connectivity index (χ3v) is 8.11. The van der Waals surface area contributed by atoms with Crippen molar-refractivity contribution in [2.75, 3.05) is 25.9 Å². The molecule has 3 aromatic rings. The van der Waals surface area contributed by atoms with Crippen molar-refractivity contribution >= 4 is 22.8 Å². The number of rotatable bonds is 4. The van der Waals surface area contributed by atoms with Gasteiger partial charge in [0.1, 0.15) is 11.6 Å². The van der Waals surface area contributed by atoms with Gasteiger partial charge in [0.25, 0.3) is 0 Å². The number of ether oxygens (including phenoxy) is 1. The standard InChI is InChI=1S/C29H34N4O2/c1-5-24(34)32-16-14-29(15-17-32)12-10-22(11-13-29)25-20(3)33-19(2)18-31-28(30)27(33)26(25)21-6-8-23(35-4)9-7-21/h5-10,18H,1,11-17H2,2-4H3,(H2,30,31). The summed E-state index contributed by atoms with van der Waals surface area (Å²) >= 11 is 0. The van der Waals surface area contributed by atoms with E-state index in [-0.39, 0.29) is 11.3 Å². The fourth-order valence-corrected chi connectivity index (χ4v) is 6.04. The van der Waals surface area contributed by atoms with Gasteiger partial charge in [-0.25, -0.2) is 4.98 Å². The summed E-state index contributed by atoms with van der Waals surface area (Å²) < 4.78 is 7.65. The van der Waals surface area contributed by atoms with Crippen LogP contribution in [0.15, 0.2) is 49.2 Å². The molecule has 0 radical (unpaired) electrons. The Morgan fingerprint density at radius 3 is 2.46 bits per heavy atom. The number of carbonyl (C=O) groups is 1. The van der Waals surface area contributed by atoms with E-state index >= 15 is 0 Å². The molecule has 0 unspecified atom stereocenters. The van der Waals surface area contributed by atoms with Crippen molar-refractivity contribution in [1.29, 1.82) is 0 Å². The third kappa shape index (κ3) is 3.91. The lowest BCUT2D eigenvalue weighted by atomic mass is 9.68. The van der Waals surface area contributed by atoms with Crippen LogP contribution in [0.25, 0.3) is 22.2 Å². The maximum atomic E-state index is 12.0. The Kier molecular flexibility index (Phi) is 5.91. The Balaban J connectivity index is 1.56. The van der Waals surface area contributed by atoms with Gasteiger partial charge in [0, 0.05) is 41.8 Å². The van der Waals surface area contributed by atoms with Crippen LogP contribution in [0, 0.1) is 19.3 Å². The Hall–Kier alpha value is -3.54. The number of hydrogen-bond acceptors (Lipinski definition) is 4. The summed E-state index contributed by atoms with van der Waals surface area (Å²) in [5.41, 5.74) is 14.9. The monoisotopic (exact) mass is 470 g/mol. The first-order chi connectivity index (χ1) is 16.9. The number of hydrogen-bond donors (Lipinski definition) is 1. The second kappa shape index (κ2) is 8.91. The number of allylic oxidation sites excluding steroid dienone is 2. The first kappa shape index (κ1) is 23.2. The van der Waals surface area contributed by atoms with Crippen LogP contribution in [0.3, 0.4) is 0 Å². The number of piperidine rings is 1. The van der Waals surface area contributed by atoms with Gasteiger partial charge < -0.3 is 19.8 Å². The quantitative estimate of drug-likeness (QED) is 0.506. The van der Waals surface area contributed by atoms with Gasteiger partial charge in [0.15, 0.2) is 0 Å². The molecule has 1 saturated heterocycles. The zero-order valence-electron chi connectivity index (χ0n) is 20.9. The second-order valence-corrected chi connectivity index (χ2v) is 10.00. The van der Waals surface area contributed by atoms with Crippen LogP contribution in [0.5, 0.6) is 5.75 Å². The molecule has 0 atom stereocenters. The number of methoxy groups -OCH3 is 1. The Bertz CT molecular complexity index is 1330. The normalized spacial score (nSPS) is 17.5. The summed E-state index contributed by atoms with van der Waals surface area (Å²) in [7, 11) is 1.68. The highest BCUT2D eigenvalue weighted by Crippen LogP contribution is 2.49. The van der Waals surface area contributed by atoms with E-state index in [0.29, 0.717) is 5.82 Å². The van der Waals surface area contributed by atoms with E-state index in [9.17, 15) is 4.79 Å². The largest absolute Gasteiger partial charge is 0.497 e. The van der Waals surface area contributed by atoms with Crippen molar-refractivity contribution in [1.82, 2.24) is 14.3 Å². The highest BCUT2D eigenvalue weighted by atomic mass is 16.5. The molecular formula is C29H34N4O2. The Morgan fingerprint density at radius 1 is 1.14 bits per heavy atom. The molecule has 1 fully saturated rings. The lowest BCUT2D eigenvalue weighted by Gasteiger charge is -2.43. The zero-order chi connectivity index (χ0) is 24.7. The van der Waals surface area contributed by atoms with Crippen molar-refractivity contribution in [3.05, 3.63) is 66.1 Å². The molecule has 2 aromatic heterocycles. The van der Waals surface area contributed by atoms with Crippen LogP contribution in [-0.2, 0) is 4.79 Å². The highest BCUT2D eigenvalue weighted by Gasteiger charge is 2.37. The topological polar surface area (TPSA) is 72.9 Å². The summed E-state index contributed by atoms with van der Waals surface area (Å²) in [6.07, 6.45) is 11.0. The number of anilines is 1. The number of nitrogen functional groups attached to an aromatic ring is 1. The molecule has 1 aliphatic carbocycles. The molecule has 2 aliphatic rings. The molecule has 1 spiro atoms. The average molecular weight is 471 g/mol. The molecule has 0 saturated carbocycles. The van der Waals surface area contributed by atoms with Crippen molar-refractivity contribution < 1.29 is 9.53 Å². The van der Waals surface area contributed by atoms with E-state index in [4.69, 9.17) is 10.5 Å². The molecule has 1 amide bonds. The minimum atomic E-state index is 0.0497. The Morgan fingerprint density at radius 2 is 1.86 bits per heavy atom. The van der Waals surface area contributed by atoms with Gasteiger partial charge in [-0.3, -0.25) is 4.79 Å². The van der Waals surface area contributed by atoms with Gasteiger partial charge in [-0.15, -0.1) is 0 Å². The van der Waals surface area contributed by atoms with E-state index in [1.165, 1.54) is 22.9 Å². The molecule has 2 N–H and O–H groups in total. The van der Waals surface area contributed by atoms with E-state index in [1.807, 2.05) is 23.2 Å². The van der Waals surface area contributed by atoms with Crippen LogP contribution in [0.2, 0.25) is 0 Å². The molecule has 6 heteroatoms. The molecule has 3 heterocycles. The van der Waals surface area contributed by atoms with E-state index in [1.54, 1.807) is 7.11 Å². The number of fused-ring (bicyclic) bond motifs is 1. The minimum absolute atomic E-state index is 0.0497. The van der Waals surface area contributed by atoms with Gasteiger partial charge >= 0.3 is 0 Å². The van der Waals surface area contributed by atoms with E-state index < -0.39 is 0 Å². The van der Waals surface area contributed by atoms with Crippen LogP contribution in [-0.4, -0.2) is 40.4 Å². The van der Waals surface area contributed by atoms with Crippen LogP contribution >= 0.6 is 0 Å². The number of aryl methyl sites for hydroxylation is 2. The van der Waals surface area contributed by atoms with Gasteiger partial charge in [-0.1, -0.05) is 24.8 Å². The van der Waals surface area contributed by atoms with E-state index in [2.05, 4.69) is 48.0 Å². The Labute approximate surface area is 207 Å². The number of nitrogens with zero attached hydrogens (tertiary/aromatic N) is 3. The van der Waals surface area contributed by atoms with Crippen molar-refractivity contribution in [3.63, 3.8) is 0 Å². The number of carbonyl (C=O) groups excluding carboxylic acids is 1. The molecule has 1 aliphatic heterocycles. The number of benzene rings is 1. The number of nitrogens with two attached hydrogens (primary N) is 1. The van der Waals surface area contributed by atoms with Gasteiger partial charge in [-0.2, -0.15) is 0 Å². The van der Waals surface area contributed by atoms with Crippen LogP contribution in [0.4, 0.5) is 5.82 Å². The lowest BCUT2D eigenvalue weighted by Crippen LogP contribution is -2.43. The summed E-state index contributed by atoms with van der Waals surface area (Å²) in [4.78, 5) is 18.5. The minimum Gasteiger partial charge on any atom is -0.497 e. The first-order valence-corrected chi connectivity index (χ1v) is 12.4. The maximum Gasteiger partial charge on any atom is 0.245 e. The molecular weight excluding hydrogens is 436 g/mol. The van der Waals surface area contributed by atoms with Gasteiger partial charge in [-0.05, 0) is 80.7 Å². The highest BCUT2D eigenvalue weighted by molar-refractivity contribution is 5.98. The van der Waals surface area contributed by atoms with Crippen molar-refractivity contribution in [2.45, 2.75) is 46.0 Å². The van der Waals surface area contributed by atoms with Crippen LogP contribution < -0.4 is 10.5 Å². The van der Waals surface area contributed by atoms with Gasteiger partial charge in [0.2, 0.25) is 5.91 Å². The van der Waals surface area contributed by atoms with Crippen molar-refractivity contribution in [2.24, 2.45) is 5.41 Å². The lowest BCUT2D eigenvalue weighted by molar-refractivity contribution is -0.128. The molecule has 6 nitrogen and oxygen atoms in total. The zero-order valence-corrected chi connectivity index (χ0v) is 20.9. The molecule has 5 rings (SSSR count). The molecule has 0 bridgehead atoms. The maximum absolute atomic E-state index is 12.0. The van der Waals surface area contributed by atoms with Gasteiger partial charge in [0.05, 0.1) is 12.6 Å². The number of aromatic nitrogens is 2. The molecule has 182 valence electrons.